The minimum Gasteiger partial charge on any atom is -0.394 e. The third-order valence-electron chi connectivity index (χ3n) is 3.79. The smallest absolute Gasteiger partial charge is 0.252 e. The summed E-state index contributed by atoms with van der Waals surface area (Å²) in [6.07, 6.45) is 1.55. The average molecular weight is 318 g/mol. The van der Waals surface area contributed by atoms with E-state index >= 15 is 0 Å². The molecule has 3 rings (SSSR count). The molecule has 2 aromatic rings. The number of carbonyl (C=O) groups excluding carboxylic acids is 2. The number of nitrogens with zero attached hydrogens (tertiary/aromatic N) is 2. The van der Waals surface area contributed by atoms with Gasteiger partial charge in [0.2, 0.25) is 5.91 Å². The van der Waals surface area contributed by atoms with Crippen molar-refractivity contribution < 1.29 is 19.4 Å². The number of rotatable bonds is 4. The monoisotopic (exact) mass is 318 g/mol. The summed E-state index contributed by atoms with van der Waals surface area (Å²) in [7, 11) is 0. The zero-order valence-electron chi connectivity index (χ0n) is 12.5. The Morgan fingerprint density at radius 3 is 2.91 bits per heavy atom. The lowest BCUT2D eigenvalue weighted by Gasteiger charge is -2.30. The van der Waals surface area contributed by atoms with Crippen molar-refractivity contribution in [2.45, 2.75) is 6.04 Å². The first-order valence-electron chi connectivity index (χ1n) is 7.40. The molecule has 0 aliphatic carbocycles. The summed E-state index contributed by atoms with van der Waals surface area (Å²) in [5, 5.41) is 12.0. The second-order valence-electron chi connectivity index (χ2n) is 5.28. The van der Waals surface area contributed by atoms with Crippen LogP contribution in [0.1, 0.15) is 10.4 Å². The van der Waals surface area contributed by atoms with Crippen molar-refractivity contribution in [3.63, 3.8) is 0 Å². The van der Waals surface area contributed by atoms with Crippen LogP contribution in [0.3, 0.4) is 0 Å². The molecule has 1 atom stereocenters. The second-order valence-corrected chi connectivity index (χ2v) is 5.28. The number of aromatic nitrogens is 2. The van der Waals surface area contributed by atoms with Gasteiger partial charge in [-0.2, -0.15) is 0 Å². The summed E-state index contributed by atoms with van der Waals surface area (Å²) >= 11 is 0. The predicted molar refractivity (Wildman–Crippen MR) is 81.8 cm³/mol. The van der Waals surface area contributed by atoms with E-state index in [1.54, 1.807) is 29.4 Å². The van der Waals surface area contributed by atoms with Gasteiger partial charge in [-0.05, 0) is 18.2 Å². The molecular formula is C15H18N4O4. The molecule has 0 bridgehead atoms. The van der Waals surface area contributed by atoms with E-state index in [1.807, 2.05) is 0 Å². The fourth-order valence-electron chi connectivity index (χ4n) is 2.51. The molecule has 23 heavy (non-hydrogen) atoms. The summed E-state index contributed by atoms with van der Waals surface area (Å²) in [5.74, 6) is -0.714. The summed E-state index contributed by atoms with van der Waals surface area (Å²) in [6.45, 7) is 1.41. The summed E-state index contributed by atoms with van der Waals surface area (Å²) in [6, 6.07) is 4.05. The minimum absolute atomic E-state index is 0.299. The maximum absolute atomic E-state index is 12.3. The van der Waals surface area contributed by atoms with Crippen molar-refractivity contribution in [3.05, 3.63) is 30.1 Å². The van der Waals surface area contributed by atoms with E-state index in [0.29, 0.717) is 31.9 Å². The third-order valence-corrected chi connectivity index (χ3v) is 3.79. The number of imidazole rings is 1. The van der Waals surface area contributed by atoms with Crippen molar-refractivity contribution in [3.8, 4) is 0 Å². The van der Waals surface area contributed by atoms with Crippen LogP contribution in [0, 0.1) is 0 Å². The number of hydrogen-bond acceptors (Lipinski definition) is 5. The maximum atomic E-state index is 12.3. The standard InChI is InChI=1S/C15H18N4O4/c20-8-13(15(22)19-3-5-23-6-4-19)18-14(21)10-1-2-11-12(7-10)17-9-16-11/h1-2,7,9,13,20H,3-6,8H2,(H,16,17)(H,18,21)/t13-/m0/s1. The number of morpholine rings is 1. The molecule has 0 saturated carbocycles. The van der Waals surface area contributed by atoms with E-state index in [-0.39, 0.29) is 5.91 Å². The highest BCUT2D eigenvalue weighted by Crippen LogP contribution is 2.12. The van der Waals surface area contributed by atoms with Crippen LogP contribution in [0.4, 0.5) is 0 Å². The van der Waals surface area contributed by atoms with Crippen molar-refractivity contribution in [2.75, 3.05) is 32.9 Å². The van der Waals surface area contributed by atoms with Gasteiger partial charge in [-0.3, -0.25) is 9.59 Å². The van der Waals surface area contributed by atoms with E-state index in [2.05, 4.69) is 15.3 Å². The number of fused-ring (bicyclic) bond motifs is 1. The number of nitrogens with one attached hydrogen (secondary N) is 2. The molecule has 0 unspecified atom stereocenters. The van der Waals surface area contributed by atoms with Gasteiger partial charge in [0.25, 0.3) is 5.91 Å². The van der Waals surface area contributed by atoms with Gasteiger partial charge in [-0.1, -0.05) is 0 Å². The van der Waals surface area contributed by atoms with Crippen LogP contribution in [0.2, 0.25) is 0 Å². The number of hydrogen-bond donors (Lipinski definition) is 3. The SMILES string of the molecule is O=C(N[C@@H](CO)C(=O)N1CCOCC1)c1ccc2nc[nH]c2c1. The first-order valence-corrected chi connectivity index (χ1v) is 7.40. The molecular weight excluding hydrogens is 300 g/mol. The Balaban J connectivity index is 1.69. The zero-order valence-corrected chi connectivity index (χ0v) is 12.5. The quantitative estimate of drug-likeness (QED) is 0.705. The van der Waals surface area contributed by atoms with Gasteiger partial charge in [-0.25, -0.2) is 4.98 Å². The number of aliphatic hydroxyl groups is 1. The van der Waals surface area contributed by atoms with Crippen molar-refractivity contribution in [2.24, 2.45) is 0 Å². The molecule has 1 fully saturated rings. The highest BCUT2D eigenvalue weighted by molar-refractivity contribution is 5.99. The Hall–Kier alpha value is -2.45. The Bertz CT molecular complexity index is 708. The molecule has 0 spiro atoms. The molecule has 1 aliphatic rings. The molecule has 1 saturated heterocycles. The van der Waals surface area contributed by atoms with Crippen LogP contribution in [-0.4, -0.2) is 70.7 Å². The van der Waals surface area contributed by atoms with Crippen LogP contribution in [0.5, 0.6) is 0 Å². The van der Waals surface area contributed by atoms with E-state index < -0.39 is 18.6 Å². The number of amides is 2. The van der Waals surface area contributed by atoms with Crippen molar-refractivity contribution in [1.82, 2.24) is 20.2 Å². The molecule has 8 nitrogen and oxygen atoms in total. The highest BCUT2D eigenvalue weighted by Gasteiger charge is 2.27. The fraction of sp³-hybridized carbons (Fsp3) is 0.400. The summed E-state index contributed by atoms with van der Waals surface area (Å²) in [4.78, 5) is 33.3. The molecule has 0 radical (unpaired) electrons. The number of ether oxygens (including phenoxy) is 1. The largest absolute Gasteiger partial charge is 0.394 e. The Morgan fingerprint density at radius 1 is 1.39 bits per heavy atom. The minimum atomic E-state index is -0.960. The van der Waals surface area contributed by atoms with Crippen molar-refractivity contribution >= 4 is 22.8 Å². The molecule has 1 aromatic carbocycles. The normalized spacial score (nSPS) is 16.3. The molecule has 3 N–H and O–H groups in total. The lowest BCUT2D eigenvalue weighted by atomic mass is 10.1. The second kappa shape index (κ2) is 6.76. The molecule has 2 amide bonds. The Labute approximate surface area is 132 Å². The van der Waals surface area contributed by atoms with Gasteiger partial charge in [0.1, 0.15) is 6.04 Å². The number of aliphatic hydroxyl groups excluding tert-OH is 1. The lowest BCUT2D eigenvalue weighted by Crippen LogP contribution is -2.53. The predicted octanol–water partition coefficient (Wildman–Crippen LogP) is -0.488. The first kappa shape index (κ1) is 15.4. The average Bonchev–Trinajstić information content (AvgIpc) is 3.07. The number of H-pyrrole nitrogens is 1. The fourth-order valence-corrected chi connectivity index (χ4v) is 2.51. The summed E-state index contributed by atoms with van der Waals surface area (Å²) < 4.78 is 5.19. The highest BCUT2D eigenvalue weighted by atomic mass is 16.5. The molecule has 2 heterocycles. The van der Waals surface area contributed by atoms with Crippen LogP contribution < -0.4 is 5.32 Å². The van der Waals surface area contributed by atoms with Gasteiger partial charge in [0.05, 0.1) is 37.2 Å². The van der Waals surface area contributed by atoms with Crippen LogP contribution in [0.15, 0.2) is 24.5 Å². The lowest BCUT2D eigenvalue weighted by molar-refractivity contribution is -0.138. The van der Waals surface area contributed by atoms with E-state index in [4.69, 9.17) is 4.74 Å². The van der Waals surface area contributed by atoms with Crippen molar-refractivity contribution in [1.29, 1.82) is 0 Å². The van der Waals surface area contributed by atoms with E-state index in [0.717, 1.165) is 11.0 Å². The van der Waals surface area contributed by atoms with Crippen LogP contribution in [0.25, 0.3) is 11.0 Å². The number of carbonyl (C=O) groups is 2. The molecule has 122 valence electrons. The molecule has 1 aliphatic heterocycles. The van der Waals surface area contributed by atoms with E-state index in [9.17, 15) is 14.7 Å². The number of aromatic amines is 1. The Kier molecular flexibility index (Phi) is 4.54. The molecule has 1 aromatic heterocycles. The van der Waals surface area contributed by atoms with Crippen LogP contribution in [-0.2, 0) is 9.53 Å². The number of benzene rings is 1. The van der Waals surface area contributed by atoms with E-state index in [1.165, 1.54) is 0 Å². The van der Waals surface area contributed by atoms with Gasteiger partial charge in [-0.15, -0.1) is 0 Å². The zero-order chi connectivity index (χ0) is 16.2. The van der Waals surface area contributed by atoms with Gasteiger partial charge >= 0.3 is 0 Å². The van der Waals surface area contributed by atoms with Gasteiger partial charge in [0, 0.05) is 18.7 Å². The Morgan fingerprint density at radius 2 is 2.17 bits per heavy atom. The maximum Gasteiger partial charge on any atom is 0.252 e. The molecule has 8 heteroatoms. The summed E-state index contributed by atoms with van der Waals surface area (Å²) in [5.41, 5.74) is 1.89. The first-order chi connectivity index (χ1) is 11.2. The topological polar surface area (TPSA) is 108 Å². The third kappa shape index (κ3) is 3.33. The van der Waals surface area contributed by atoms with Gasteiger partial charge < -0.3 is 25.0 Å². The van der Waals surface area contributed by atoms with Crippen LogP contribution >= 0.6 is 0 Å². The van der Waals surface area contributed by atoms with Gasteiger partial charge in [0.15, 0.2) is 0 Å².